The molecule has 1 aliphatic rings. The average molecular weight is 289 g/mol. The molecule has 104 valence electrons. The maximum Gasteiger partial charge on any atom is 0.244 e. The van der Waals surface area contributed by atoms with Gasteiger partial charge < -0.3 is 15.0 Å². The number of para-hydroxylation sites is 1. The predicted molar refractivity (Wildman–Crippen MR) is 76.6 cm³/mol. The van der Waals surface area contributed by atoms with Crippen molar-refractivity contribution in [2.24, 2.45) is 5.73 Å². The molecular formula is C14H15N3O2S. The summed E-state index contributed by atoms with van der Waals surface area (Å²) in [5, 5.41) is 3.98. The number of benzene rings is 1. The van der Waals surface area contributed by atoms with E-state index in [1.807, 2.05) is 24.3 Å². The van der Waals surface area contributed by atoms with Crippen molar-refractivity contribution in [3.8, 4) is 5.75 Å². The van der Waals surface area contributed by atoms with Gasteiger partial charge in [-0.1, -0.05) is 23.4 Å². The third kappa shape index (κ3) is 2.57. The normalized spacial score (nSPS) is 18.9. The second-order valence-electron chi connectivity index (χ2n) is 4.49. The molecule has 20 heavy (non-hydrogen) atoms. The molecular weight excluding hydrogens is 274 g/mol. The molecule has 2 aromatic rings. The van der Waals surface area contributed by atoms with E-state index < -0.39 is 0 Å². The van der Waals surface area contributed by atoms with Gasteiger partial charge in [0, 0.05) is 10.6 Å². The zero-order valence-corrected chi connectivity index (χ0v) is 11.7. The molecule has 0 bridgehead atoms. The summed E-state index contributed by atoms with van der Waals surface area (Å²) >= 11 is 1.73. The lowest BCUT2D eigenvalue weighted by Gasteiger charge is -2.22. The summed E-state index contributed by atoms with van der Waals surface area (Å²) in [5.74, 6) is 2.58. The van der Waals surface area contributed by atoms with Crippen LogP contribution >= 0.6 is 11.8 Å². The van der Waals surface area contributed by atoms with Crippen LogP contribution in [0.4, 0.5) is 0 Å². The monoisotopic (exact) mass is 289 g/mol. The van der Waals surface area contributed by atoms with E-state index in [2.05, 4.69) is 16.7 Å². The molecule has 1 aliphatic heterocycles. The fourth-order valence-electron chi connectivity index (χ4n) is 1.96. The second-order valence-corrected chi connectivity index (χ2v) is 5.55. The summed E-state index contributed by atoms with van der Waals surface area (Å²) < 4.78 is 11.1. The SMILES string of the molecule is C=CCC(N)c1nc(C2CSc3ccccc3O2)no1. The van der Waals surface area contributed by atoms with Gasteiger partial charge in [-0.15, -0.1) is 18.3 Å². The van der Waals surface area contributed by atoms with Gasteiger partial charge in [-0.2, -0.15) is 4.98 Å². The Labute approximate surface area is 121 Å². The average Bonchev–Trinajstić information content (AvgIpc) is 2.97. The van der Waals surface area contributed by atoms with E-state index in [-0.39, 0.29) is 12.1 Å². The number of aromatic nitrogens is 2. The highest BCUT2D eigenvalue weighted by Crippen LogP contribution is 2.39. The highest BCUT2D eigenvalue weighted by Gasteiger charge is 2.26. The molecule has 5 nitrogen and oxygen atoms in total. The maximum atomic E-state index is 5.91. The van der Waals surface area contributed by atoms with Gasteiger partial charge in [0.25, 0.3) is 0 Å². The molecule has 2 N–H and O–H groups in total. The number of hydrogen-bond donors (Lipinski definition) is 1. The minimum Gasteiger partial charge on any atom is -0.480 e. The van der Waals surface area contributed by atoms with Crippen molar-refractivity contribution < 1.29 is 9.26 Å². The van der Waals surface area contributed by atoms with E-state index >= 15 is 0 Å². The minimum absolute atomic E-state index is 0.205. The van der Waals surface area contributed by atoms with Crippen LogP contribution in [0.2, 0.25) is 0 Å². The fraction of sp³-hybridized carbons (Fsp3) is 0.286. The van der Waals surface area contributed by atoms with Crippen LogP contribution < -0.4 is 10.5 Å². The van der Waals surface area contributed by atoms with E-state index in [4.69, 9.17) is 15.0 Å². The van der Waals surface area contributed by atoms with E-state index in [0.29, 0.717) is 18.1 Å². The van der Waals surface area contributed by atoms with Gasteiger partial charge in [-0.3, -0.25) is 0 Å². The van der Waals surface area contributed by atoms with Crippen molar-refractivity contribution in [1.82, 2.24) is 10.1 Å². The lowest BCUT2D eigenvalue weighted by atomic mass is 10.2. The van der Waals surface area contributed by atoms with Crippen LogP contribution in [0.25, 0.3) is 0 Å². The van der Waals surface area contributed by atoms with Crippen LogP contribution in [0.1, 0.15) is 30.3 Å². The number of fused-ring (bicyclic) bond motifs is 1. The van der Waals surface area contributed by atoms with Gasteiger partial charge in [0.2, 0.25) is 11.7 Å². The maximum absolute atomic E-state index is 5.91. The van der Waals surface area contributed by atoms with Gasteiger partial charge in [0.15, 0.2) is 6.10 Å². The van der Waals surface area contributed by atoms with E-state index in [1.54, 1.807) is 17.8 Å². The van der Waals surface area contributed by atoms with Crippen molar-refractivity contribution in [2.75, 3.05) is 5.75 Å². The lowest BCUT2D eigenvalue weighted by Crippen LogP contribution is -2.16. The van der Waals surface area contributed by atoms with Crippen LogP contribution in [0.3, 0.4) is 0 Å². The molecule has 2 heterocycles. The molecule has 1 aromatic heterocycles. The van der Waals surface area contributed by atoms with Crippen molar-refractivity contribution in [3.05, 3.63) is 48.6 Å². The second kappa shape index (κ2) is 5.68. The van der Waals surface area contributed by atoms with Gasteiger partial charge in [0.1, 0.15) is 5.75 Å². The van der Waals surface area contributed by atoms with Crippen LogP contribution in [0, 0.1) is 0 Å². The number of hydrogen-bond acceptors (Lipinski definition) is 6. The first-order valence-electron chi connectivity index (χ1n) is 6.36. The van der Waals surface area contributed by atoms with Crippen LogP contribution in [0.15, 0.2) is 46.3 Å². The third-order valence-electron chi connectivity index (χ3n) is 2.99. The quantitative estimate of drug-likeness (QED) is 0.872. The number of nitrogens with zero attached hydrogens (tertiary/aromatic N) is 2. The summed E-state index contributed by atoms with van der Waals surface area (Å²) in [6, 6.07) is 7.62. The highest BCUT2D eigenvalue weighted by atomic mass is 32.2. The van der Waals surface area contributed by atoms with Gasteiger partial charge >= 0.3 is 0 Å². The molecule has 1 aromatic carbocycles. The lowest BCUT2D eigenvalue weighted by molar-refractivity contribution is 0.205. The molecule has 0 aliphatic carbocycles. The van der Waals surface area contributed by atoms with Crippen molar-refractivity contribution in [3.63, 3.8) is 0 Å². The Morgan fingerprint density at radius 2 is 2.35 bits per heavy atom. The number of ether oxygens (including phenoxy) is 1. The van der Waals surface area contributed by atoms with Gasteiger partial charge in [-0.25, -0.2) is 0 Å². The summed E-state index contributed by atoms with van der Waals surface area (Å²) in [4.78, 5) is 5.47. The summed E-state index contributed by atoms with van der Waals surface area (Å²) in [6.45, 7) is 3.65. The molecule has 0 amide bonds. The Kier molecular flexibility index (Phi) is 3.75. The Morgan fingerprint density at radius 3 is 3.20 bits per heavy atom. The topological polar surface area (TPSA) is 74.2 Å². The first-order chi connectivity index (χ1) is 9.78. The van der Waals surface area contributed by atoms with Crippen molar-refractivity contribution >= 4 is 11.8 Å². The Morgan fingerprint density at radius 1 is 1.50 bits per heavy atom. The highest BCUT2D eigenvalue weighted by molar-refractivity contribution is 7.99. The summed E-state index contributed by atoms with van der Waals surface area (Å²) in [7, 11) is 0. The summed E-state index contributed by atoms with van der Waals surface area (Å²) in [6.07, 6.45) is 2.13. The standard InChI is InChI=1S/C14H15N3O2S/c1-2-5-9(15)14-16-13(17-19-14)11-8-20-12-7-4-3-6-10(12)18-11/h2-4,6-7,9,11H,1,5,8,15H2. The van der Waals surface area contributed by atoms with Gasteiger partial charge in [0.05, 0.1) is 6.04 Å². The van der Waals surface area contributed by atoms with Crippen LogP contribution in [-0.4, -0.2) is 15.9 Å². The molecule has 3 rings (SSSR count). The fourth-order valence-corrected chi connectivity index (χ4v) is 2.94. The van der Waals surface area contributed by atoms with E-state index in [1.165, 1.54) is 0 Å². The minimum atomic E-state index is -0.308. The molecule has 2 atom stereocenters. The molecule has 0 spiro atoms. The first-order valence-corrected chi connectivity index (χ1v) is 7.35. The van der Waals surface area contributed by atoms with Crippen LogP contribution in [-0.2, 0) is 0 Å². The smallest absolute Gasteiger partial charge is 0.244 e. The van der Waals surface area contributed by atoms with E-state index in [9.17, 15) is 0 Å². The number of nitrogens with two attached hydrogens (primary N) is 1. The van der Waals surface area contributed by atoms with Crippen molar-refractivity contribution in [1.29, 1.82) is 0 Å². The van der Waals surface area contributed by atoms with Crippen molar-refractivity contribution in [2.45, 2.75) is 23.5 Å². The largest absolute Gasteiger partial charge is 0.480 e. The molecule has 0 radical (unpaired) electrons. The molecule has 0 fully saturated rings. The number of thioether (sulfide) groups is 1. The third-order valence-corrected chi connectivity index (χ3v) is 4.11. The molecule has 6 heteroatoms. The molecule has 2 unspecified atom stereocenters. The zero-order valence-electron chi connectivity index (χ0n) is 10.9. The predicted octanol–water partition coefficient (Wildman–Crippen LogP) is 2.87. The molecule has 0 saturated heterocycles. The van der Waals surface area contributed by atoms with Gasteiger partial charge in [-0.05, 0) is 18.6 Å². The summed E-state index contributed by atoms with van der Waals surface area (Å²) in [5.41, 5.74) is 5.91. The molecule has 0 saturated carbocycles. The zero-order chi connectivity index (χ0) is 13.9. The Balaban J connectivity index is 1.76. The Bertz CT molecular complexity index is 614. The first kappa shape index (κ1) is 13.2. The Hall–Kier alpha value is -1.79. The number of rotatable bonds is 4. The van der Waals surface area contributed by atoms with E-state index in [0.717, 1.165) is 16.4 Å². The van der Waals surface area contributed by atoms with Crippen LogP contribution in [0.5, 0.6) is 5.75 Å².